The molecular weight excluding hydrogens is 823 g/mol. The standard InChI is InChI=1S/C41H71N11O7S2/c1-28-36(54)49-30(16-6-11-22-42-3)38(56)47-29(2)37(55)50-32(18-8-13-24-44-5)40(58)52-33(41(59)51-31(39(57)48-28)17-7-12-23-43-4)19-9-14-25-45-34(53)21-27-60-61-35-20-10-15-26-46-35/h10,15,20,26,28-33,42-44H,6-9,11-14,16-19,21-25,27H2,1-5H3,(H,45,53)(H,47,56)(H,48,57)(H,49,54)(H,50,55)(H,51,59)(H,52,58)/t28-,29-,30+,31+,32+,33-/m1/s1. The Morgan fingerprint density at radius 2 is 0.951 bits per heavy atom. The fraction of sp³-hybridized carbons (Fsp3) is 0.707. The molecule has 1 aliphatic heterocycles. The van der Waals surface area contributed by atoms with Gasteiger partial charge in [0.15, 0.2) is 0 Å². The van der Waals surface area contributed by atoms with Crippen molar-refractivity contribution >= 4 is 62.9 Å². The van der Waals surface area contributed by atoms with Crippen LogP contribution in [0.1, 0.15) is 97.3 Å². The zero-order valence-electron chi connectivity index (χ0n) is 36.6. The highest BCUT2D eigenvalue weighted by Gasteiger charge is 2.33. The molecule has 0 spiro atoms. The van der Waals surface area contributed by atoms with Crippen molar-refractivity contribution in [3.63, 3.8) is 0 Å². The van der Waals surface area contributed by atoms with Crippen molar-refractivity contribution in [1.29, 1.82) is 0 Å². The fourth-order valence-electron chi connectivity index (χ4n) is 6.35. The maximum absolute atomic E-state index is 14.1. The third-order valence-corrected chi connectivity index (χ3v) is 12.2. The van der Waals surface area contributed by atoms with Crippen LogP contribution in [0.2, 0.25) is 0 Å². The van der Waals surface area contributed by atoms with E-state index in [1.54, 1.807) is 17.0 Å². The van der Waals surface area contributed by atoms with Gasteiger partial charge < -0.3 is 53.2 Å². The van der Waals surface area contributed by atoms with E-state index in [0.717, 1.165) is 24.3 Å². The Morgan fingerprint density at radius 1 is 0.557 bits per heavy atom. The number of nitrogens with one attached hydrogen (secondary N) is 10. The summed E-state index contributed by atoms with van der Waals surface area (Å²) in [6.45, 7) is 5.44. The molecule has 0 aliphatic carbocycles. The van der Waals surface area contributed by atoms with E-state index in [0.29, 0.717) is 70.5 Å². The topological polar surface area (TPSA) is 253 Å². The zero-order valence-corrected chi connectivity index (χ0v) is 38.3. The van der Waals surface area contributed by atoms with Crippen molar-refractivity contribution in [1.82, 2.24) is 58.2 Å². The fourth-order valence-corrected chi connectivity index (χ4v) is 8.21. The van der Waals surface area contributed by atoms with E-state index in [1.807, 2.05) is 39.3 Å². The van der Waals surface area contributed by atoms with E-state index in [2.05, 4.69) is 58.2 Å². The largest absolute Gasteiger partial charge is 0.356 e. The lowest BCUT2D eigenvalue weighted by Gasteiger charge is -2.28. The van der Waals surface area contributed by atoms with Crippen LogP contribution in [0.5, 0.6) is 0 Å². The maximum Gasteiger partial charge on any atom is 0.243 e. The summed E-state index contributed by atoms with van der Waals surface area (Å²) >= 11 is 0. The van der Waals surface area contributed by atoms with Crippen LogP contribution < -0.4 is 53.2 Å². The van der Waals surface area contributed by atoms with Gasteiger partial charge in [-0.05, 0) is 155 Å². The summed E-state index contributed by atoms with van der Waals surface area (Å²) in [6, 6.07) is -0.635. The van der Waals surface area contributed by atoms with Crippen molar-refractivity contribution in [3.8, 4) is 0 Å². The van der Waals surface area contributed by atoms with Crippen molar-refractivity contribution < 1.29 is 33.6 Å². The average molecular weight is 894 g/mol. The van der Waals surface area contributed by atoms with E-state index in [9.17, 15) is 33.6 Å². The molecule has 18 nitrogen and oxygen atoms in total. The first-order chi connectivity index (χ1) is 29.4. The molecule has 1 aliphatic rings. The summed E-state index contributed by atoms with van der Waals surface area (Å²) in [6.07, 6.45) is 7.91. The number of hydrogen-bond donors (Lipinski definition) is 10. The second kappa shape index (κ2) is 31.8. The summed E-state index contributed by atoms with van der Waals surface area (Å²) in [5.74, 6) is -3.01. The minimum absolute atomic E-state index is 0.103. The molecule has 6 atom stereocenters. The SMILES string of the molecule is CNCCCC[C@@H]1NC(=O)[C@@H](C)NC(=O)[C@H](CCCCNC)NC(=O)[C@@H](CCCCNC(=O)CCSSc2ccccn2)NC(=O)[C@H](CCCCNC)NC(=O)[C@@H](C)NC1=O. The van der Waals surface area contributed by atoms with Gasteiger partial charge in [-0.15, -0.1) is 0 Å². The van der Waals surface area contributed by atoms with Crippen LogP contribution in [0.25, 0.3) is 0 Å². The third-order valence-electron chi connectivity index (χ3n) is 9.98. The van der Waals surface area contributed by atoms with Gasteiger partial charge in [-0.25, -0.2) is 4.98 Å². The molecule has 0 saturated carbocycles. The van der Waals surface area contributed by atoms with Crippen molar-refractivity contribution in [2.24, 2.45) is 0 Å². The van der Waals surface area contributed by atoms with E-state index in [1.165, 1.54) is 24.6 Å². The second-order valence-corrected chi connectivity index (χ2v) is 17.6. The maximum atomic E-state index is 14.1. The molecule has 2 heterocycles. The highest BCUT2D eigenvalue weighted by molar-refractivity contribution is 8.76. The van der Waals surface area contributed by atoms with Gasteiger partial charge in [-0.2, -0.15) is 0 Å². The normalized spacial score (nSPS) is 22.1. The van der Waals surface area contributed by atoms with Crippen molar-refractivity contribution in [3.05, 3.63) is 24.4 Å². The van der Waals surface area contributed by atoms with Gasteiger partial charge in [0, 0.05) is 24.9 Å². The first kappa shape index (κ1) is 53.2. The zero-order chi connectivity index (χ0) is 44.8. The van der Waals surface area contributed by atoms with Gasteiger partial charge in [-0.3, -0.25) is 33.6 Å². The van der Waals surface area contributed by atoms with Gasteiger partial charge in [-0.1, -0.05) is 16.9 Å². The molecule has 10 N–H and O–H groups in total. The lowest BCUT2D eigenvalue weighted by atomic mass is 10.0. The Labute approximate surface area is 369 Å². The van der Waals surface area contributed by atoms with E-state index in [4.69, 9.17) is 0 Å². The third kappa shape index (κ3) is 22.6. The summed E-state index contributed by atoms with van der Waals surface area (Å²) in [5, 5.41) is 29.6. The number of amides is 7. The number of pyridine rings is 1. The molecule has 1 saturated heterocycles. The molecule has 1 aromatic rings. The first-order valence-corrected chi connectivity index (χ1v) is 23.9. The smallest absolute Gasteiger partial charge is 0.243 e. The Balaban J connectivity index is 2.29. The summed E-state index contributed by atoms with van der Waals surface area (Å²) < 4.78 is 0. The molecule has 0 aromatic carbocycles. The van der Waals surface area contributed by atoms with Crippen molar-refractivity contribution in [2.75, 3.05) is 53.1 Å². The highest BCUT2D eigenvalue weighted by Crippen LogP contribution is 2.29. The molecule has 0 radical (unpaired) electrons. The number of rotatable bonds is 25. The molecule has 0 unspecified atom stereocenters. The molecule has 1 aromatic heterocycles. The minimum Gasteiger partial charge on any atom is -0.356 e. The summed E-state index contributed by atoms with van der Waals surface area (Å²) in [7, 11) is 8.50. The molecule has 7 amide bonds. The highest BCUT2D eigenvalue weighted by atomic mass is 33.1. The quantitative estimate of drug-likeness (QED) is 0.0479. The molecule has 344 valence electrons. The number of carbonyl (C=O) groups excluding carboxylic acids is 7. The van der Waals surface area contributed by atoms with Crippen LogP contribution in [0.4, 0.5) is 0 Å². The van der Waals surface area contributed by atoms with Crippen LogP contribution >= 0.6 is 21.6 Å². The Hall–Kier alpha value is -3.98. The van der Waals surface area contributed by atoms with E-state index in [-0.39, 0.29) is 31.6 Å². The number of aromatic nitrogens is 1. The molecule has 0 bridgehead atoms. The Morgan fingerprint density at radius 3 is 1.34 bits per heavy atom. The predicted molar refractivity (Wildman–Crippen MR) is 240 cm³/mol. The number of nitrogens with zero attached hydrogens (tertiary/aromatic N) is 1. The number of carbonyl (C=O) groups is 7. The van der Waals surface area contributed by atoms with Gasteiger partial charge in [0.05, 0.1) is 0 Å². The first-order valence-electron chi connectivity index (χ1n) is 21.6. The molecule has 20 heteroatoms. The minimum atomic E-state index is -1.09. The van der Waals surface area contributed by atoms with Crippen LogP contribution in [0.3, 0.4) is 0 Å². The predicted octanol–water partition coefficient (Wildman–Crippen LogP) is 0.630. The van der Waals surface area contributed by atoms with E-state index >= 15 is 0 Å². The lowest BCUT2D eigenvalue weighted by Crippen LogP contribution is -2.60. The van der Waals surface area contributed by atoms with Crippen LogP contribution in [-0.4, -0.2) is 136 Å². The monoisotopic (exact) mass is 893 g/mol. The average Bonchev–Trinajstić information content (AvgIpc) is 3.24. The van der Waals surface area contributed by atoms with E-state index < -0.39 is 71.7 Å². The number of hydrogen-bond acceptors (Lipinski definition) is 13. The molecular formula is C41H71N11O7S2. The van der Waals surface area contributed by atoms with Crippen LogP contribution in [-0.2, 0) is 33.6 Å². The molecule has 1 fully saturated rings. The van der Waals surface area contributed by atoms with Gasteiger partial charge >= 0.3 is 0 Å². The second-order valence-electron chi connectivity index (χ2n) is 15.2. The van der Waals surface area contributed by atoms with Gasteiger partial charge in [0.2, 0.25) is 41.4 Å². The van der Waals surface area contributed by atoms with Crippen LogP contribution in [0, 0.1) is 0 Å². The van der Waals surface area contributed by atoms with Gasteiger partial charge in [0.1, 0.15) is 41.3 Å². The Kier molecular flexibility index (Phi) is 27.7. The van der Waals surface area contributed by atoms with Crippen LogP contribution in [0.15, 0.2) is 29.4 Å². The van der Waals surface area contributed by atoms with Crippen molar-refractivity contribution in [2.45, 2.75) is 139 Å². The molecule has 61 heavy (non-hydrogen) atoms. The summed E-state index contributed by atoms with van der Waals surface area (Å²) in [4.78, 5) is 99.2. The molecule has 2 rings (SSSR count). The number of unbranched alkanes of at least 4 members (excludes halogenated alkanes) is 4. The summed E-state index contributed by atoms with van der Waals surface area (Å²) in [5.41, 5.74) is 0. The Bertz CT molecular complexity index is 1490. The van der Waals surface area contributed by atoms with Gasteiger partial charge in [0.25, 0.3) is 0 Å². The lowest BCUT2D eigenvalue weighted by molar-refractivity contribution is -0.136.